The molecule has 0 N–H and O–H groups in total. The monoisotopic (exact) mass is 302 g/mol. The van der Waals surface area contributed by atoms with Crippen molar-refractivity contribution in [1.82, 2.24) is 9.78 Å². The molecular formula is C17H19FN2O2. The third kappa shape index (κ3) is 4.18. The zero-order valence-corrected chi connectivity index (χ0v) is 12.4. The van der Waals surface area contributed by atoms with Gasteiger partial charge in [0.15, 0.2) is 5.75 Å². The van der Waals surface area contributed by atoms with Crippen molar-refractivity contribution in [3.63, 3.8) is 0 Å². The van der Waals surface area contributed by atoms with E-state index >= 15 is 0 Å². The summed E-state index contributed by atoms with van der Waals surface area (Å²) in [6.07, 6.45) is 7.66. The summed E-state index contributed by atoms with van der Waals surface area (Å²) in [6, 6.07) is 6.42. The van der Waals surface area contributed by atoms with E-state index in [0.29, 0.717) is 13.2 Å². The maximum atomic E-state index is 12.9. The Hall–Kier alpha value is -2.14. The first-order valence-electron chi connectivity index (χ1n) is 7.45. The SMILES string of the molecule is Fc1ccc(Cn2cc(OCC=C3CCOCC3)cn2)cc1. The fourth-order valence-corrected chi connectivity index (χ4v) is 2.38. The molecule has 1 aromatic heterocycles. The average Bonchev–Trinajstić information content (AvgIpc) is 2.98. The summed E-state index contributed by atoms with van der Waals surface area (Å²) >= 11 is 0. The smallest absolute Gasteiger partial charge is 0.157 e. The number of halogens is 1. The summed E-state index contributed by atoms with van der Waals surface area (Å²) in [5.41, 5.74) is 2.39. The van der Waals surface area contributed by atoms with Gasteiger partial charge in [-0.3, -0.25) is 4.68 Å². The molecule has 116 valence electrons. The molecule has 22 heavy (non-hydrogen) atoms. The Labute approximate surface area is 129 Å². The molecular weight excluding hydrogens is 283 g/mol. The molecule has 0 aliphatic carbocycles. The van der Waals surface area contributed by atoms with Crippen molar-refractivity contribution in [2.45, 2.75) is 19.4 Å². The van der Waals surface area contributed by atoms with Gasteiger partial charge < -0.3 is 9.47 Å². The van der Waals surface area contributed by atoms with Gasteiger partial charge in [0.25, 0.3) is 0 Å². The van der Waals surface area contributed by atoms with Crippen molar-refractivity contribution in [3.8, 4) is 5.75 Å². The van der Waals surface area contributed by atoms with Crippen LogP contribution in [0.2, 0.25) is 0 Å². The summed E-state index contributed by atoms with van der Waals surface area (Å²) in [7, 11) is 0. The minimum absolute atomic E-state index is 0.227. The number of nitrogens with zero attached hydrogens (tertiary/aromatic N) is 2. The zero-order chi connectivity index (χ0) is 15.2. The molecule has 2 heterocycles. The third-order valence-corrected chi connectivity index (χ3v) is 3.62. The van der Waals surface area contributed by atoms with Crippen LogP contribution in [0.5, 0.6) is 5.75 Å². The van der Waals surface area contributed by atoms with Crippen LogP contribution >= 0.6 is 0 Å². The van der Waals surface area contributed by atoms with Crippen molar-refractivity contribution in [2.75, 3.05) is 19.8 Å². The lowest BCUT2D eigenvalue weighted by atomic mass is 10.1. The van der Waals surface area contributed by atoms with Gasteiger partial charge in [-0.25, -0.2) is 4.39 Å². The van der Waals surface area contributed by atoms with Crippen LogP contribution in [0.1, 0.15) is 18.4 Å². The first kappa shape index (κ1) is 14.8. The lowest BCUT2D eigenvalue weighted by molar-refractivity contribution is 0.118. The third-order valence-electron chi connectivity index (χ3n) is 3.62. The fourth-order valence-electron chi connectivity index (χ4n) is 2.38. The van der Waals surface area contributed by atoms with E-state index in [9.17, 15) is 4.39 Å². The van der Waals surface area contributed by atoms with Crippen LogP contribution in [0.3, 0.4) is 0 Å². The van der Waals surface area contributed by atoms with Crippen LogP contribution in [0.4, 0.5) is 4.39 Å². The second-order valence-corrected chi connectivity index (χ2v) is 5.29. The quantitative estimate of drug-likeness (QED) is 0.796. The van der Waals surface area contributed by atoms with E-state index < -0.39 is 0 Å². The van der Waals surface area contributed by atoms with Gasteiger partial charge in [0, 0.05) is 0 Å². The van der Waals surface area contributed by atoms with E-state index in [1.165, 1.54) is 17.7 Å². The van der Waals surface area contributed by atoms with Gasteiger partial charge in [0.1, 0.15) is 12.4 Å². The largest absolute Gasteiger partial charge is 0.486 e. The van der Waals surface area contributed by atoms with Gasteiger partial charge in [-0.2, -0.15) is 5.10 Å². The highest BCUT2D eigenvalue weighted by Gasteiger charge is 2.05. The van der Waals surface area contributed by atoms with Crippen LogP contribution in [0, 0.1) is 5.82 Å². The van der Waals surface area contributed by atoms with Crippen LogP contribution in [-0.2, 0) is 11.3 Å². The molecule has 0 spiro atoms. The van der Waals surface area contributed by atoms with Crippen LogP contribution < -0.4 is 4.74 Å². The molecule has 0 radical (unpaired) electrons. The molecule has 1 aliphatic heterocycles. The molecule has 5 heteroatoms. The number of aromatic nitrogens is 2. The fraction of sp³-hybridized carbons (Fsp3) is 0.353. The summed E-state index contributed by atoms with van der Waals surface area (Å²) in [4.78, 5) is 0. The molecule has 3 rings (SSSR count). The predicted molar refractivity (Wildman–Crippen MR) is 81.4 cm³/mol. The van der Waals surface area contributed by atoms with Gasteiger partial charge in [-0.15, -0.1) is 0 Å². The summed E-state index contributed by atoms with van der Waals surface area (Å²) < 4.78 is 25.6. The van der Waals surface area contributed by atoms with E-state index in [-0.39, 0.29) is 5.82 Å². The zero-order valence-electron chi connectivity index (χ0n) is 12.4. The molecule has 1 aliphatic rings. The maximum Gasteiger partial charge on any atom is 0.157 e. The standard InChI is InChI=1S/C17H19FN2O2/c18-16-3-1-15(2-4-16)12-20-13-17(11-19-20)22-10-7-14-5-8-21-9-6-14/h1-4,7,11,13H,5-6,8-10,12H2. The molecule has 0 bridgehead atoms. The van der Waals surface area contributed by atoms with Crippen LogP contribution in [0.15, 0.2) is 48.3 Å². The average molecular weight is 302 g/mol. The Kier molecular flexibility index (Phi) is 4.85. The number of ether oxygens (including phenoxy) is 2. The number of rotatable bonds is 5. The molecule has 0 atom stereocenters. The molecule has 1 saturated heterocycles. The van der Waals surface area contributed by atoms with Gasteiger partial charge in [0.05, 0.1) is 32.2 Å². The Morgan fingerprint density at radius 3 is 2.77 bits per heavy atom. The normalized spacial score (nSPS) is 14.9. The Morgan fingerprint density at radius 1 is 1.23 bits per heavy atom. The molecule has 1 fully saturated rings. The van der Waals surface area contributed by atoms with Crippen molar-refractivity contribution < 1.29 is 13.9 Å². The van der Waals surface area contributed by atoms with E-state index in [0.717, 1.165) is 37.4 Å². The van der Waals surface area contributed by atoms with Crippen molar-refractivity contribution in [2.24, 2.45) is 0 Å². The van der Waals surface area contributed by atoms with Crippen LogP contribution in [0.25, 0.3) is 0 Å². The van der Waals surface area contributed by atoms with E-state index in [1.54, 1.807) is 23.0 Å². The van der Waals surface area contributed by atoms with E-state index in [1.807, 2.05) is 6.20 Å². The Bertz CT molecular complexity index is 626. The predicted octanol–water partition coefficient (Wildman–Crippen LogP) is 3.19. The molecule has 0 saturated carbocycles. The number of hydrogen-bond donors (Lipinski definition) is 0. The highest BCUT2D eigenvalue weighted by atomic mass is 19.1. The van der Waals surface area contributed by atoms with Crippen molar-refractivity contribution in [1.29, 1.82) is 0 Å². The maximum absolute atomic E-state index is 12.9. The van der Waals surface area contributed by atoms with Gasteiger partial charge in [0.2, 0.25) is 0 Å². The van der Waals surface area contributed by atoms with Gasteiger partial charge in [-0.05, 0) is 36.6 Å². The number of benzene rings is 1. The summed E-state index contributed by atoms with van der Waals surface area (Å²) in [5, 5.41) is 4.26. The Morgan fingerprint density at radius 2 is 2.00 bits per heavy atom. The topological polar surface area (TPSA) is 36.3 Å². The Balaban J connectivity index is 1.51. The highest BCUT2D eigenvalue weighted by Crippen LogP contribution is 2.14. The number of hydrogen-bond acceptors (Lipinski definition) is 3. The lowest BCUT2D eigenvalue weighted by Crippen LogP contribution is -2.08. The van der Waals surface area contributed by atoms with Crippen molar-refractivity contribution >= 4 is 0 Å². The second kappa shape index (κ2) is 7.22. The van der Waals surface area contributed by atoms with Crippen LogP contribution in [-0.4, -0.2) is 29.6 Å². The van der Waals surface area contributed by atoms with Gasteiger partial charge in [-0.1, -0.05) is 17.7 Å². The first-order chi connectivity index (χ1) is 10.8. The summed E-state index contributed by atoms with van der Waals surface area (Å²) in [5.74, 6) is 0.514. The minimum Gasteiger partial charge on any atom is -0.486 e. The molecule has 2 aromatic rings. The lowest BCUT2D eigenvalue weighted by Gasteiger charge is -2.14. The second-order valence-electron chi connectivity index (χ2n) is 5.29. The van der Waals surface area contributed by atoms with E-state index in [4.69, 9.17) is 9.47 Å². The molecule has 4 nitrogen and oxygen atoms in total. The van der Waals surface area contributed by atoms with Crippen molar-refractivity contribution in [3.05, 3.63) is 59.7 Å². The summed E-state index contributed by atoms with van der Waals surface area (Å²) in [6.45, 7) is 2.77. The highest BCUT2D eigenvalue weighted by molar-refractivity contribution is 5.18. The minimum atomic E-state index is -0.227. The first-order valence-corrected chi connectivity index (χ1v) is 7.45. The van der Waals surface area contributed by atoms with E-state index in [2.05, 4.69) is 11.2 Å². The van der Waals surface area contributed by atoms with Gasteiger partial charge >= 0.3 is 0 Å². The molecule has 1 aromatic carbocycles. The molecule has 0 amide bonds. The molecule has 0 unspecified atom stereocenters.